The molecule has 0 aliphatic rings. The summed E-state index contributed by atoms with van der Waals surface area (Å²) in [6.07, 6.45) is 1.74. The molecule has 0 N–H and O–H groups in total. The number of carbonyl (C=O) groups excluding carboxylic acids is 1. The minimum absolute atomic E-state index is 0.0278. The van der Waals surface area contributed by atoms with Crippen molar-refractivity contribution in [3.05, 3.63) is 48.6 Å². The van der Waals surface area contributed by atoms with Crippen molar-refractivity contribution < 1.29 is 18.4 Å². The van der Waals surface area contributed by atoms with Gasteiger partial charge in [0.25, 0.3) is 0 Å². The Hall–Kier alpha value is -1.22. The average Bonchev–Trinajstić information content (AvgIpc) is 2.52. The van der Waals surface area contributed by atoms with E-state index in [1.807, 2.05) is 44.2 Å². The Bertz CT molecular complexity index is 543. The fourth-order valence-electron chi connectivity index (χ4n) is 2.71. The zero-order chi connectivity index (χ0) is 17.5. The van der Waals surface area contributed by atoms with E-state index in [1.165, 1.54) is 0 Å². The number of benzene rings is 1. The van der Waals surface area contributed by atoms with Crippen LogP contribution in [0, 0.1) is 11.8 Å². The topological polar surface area (TPSA) is 52.6 Å². The molecule has 0 spiro atoms. The predicted molar refractivity (Wildman–Crippen MR) is 93.6 cm³/mol. The Kier molecular flexibility index (Phi) is 7.90. The van der Waals surface area contributed by atoms with Crippen LogP contribution in [-0.2, 0) is 18.4 Å². The summed E-state index contributed by atoms with van der Waals surface area (Å²) in [5.41, 5.74) is 0.499. The molecule has 0 radical (unpaired) electrons. The molecule has 23 heavy (non-hydrogen) atoms. The molecule has 0 aromatic heterocycles. The van der Waals surface area contributed by atoms with Crippen LogP contribution >= 0.6 is 7.60 Å². The molecule has 0 saturated carbocycles. The van der Waals surface area contributed by atoms with Crippen molar-refractivity contribution in [2.24, 2.45) is 11.8 Å². The Morgan fingerprint density at radius 3 is 2.09 bits per heavy atom. The molecule has 0 aliphatic heterocycles. The largest absolute Gasteiger partial charge is 0.397 e. The van der Waals surface area contributed by atoms with E-state index in [0.29, 0.717) is 0 Å². The van der Waals surface area contributed by atoms with Crippen LogP contribution in [0.4, 0.5) is 0 Å². The van der Waals surface area contributed by atoms with Crippen LogP contribution in [0.15, 0.2) is 43.0 Å². The van der Waals surface area contributed by atoms with Gasteiger partial charge in [-0.05, 0) is 25.3 Å². The van der Waals surface area contributed by atoms with Gasteiger partial charge in [-0.3, -0.25) is 9.36 Å². The highest BCUT2D eigenvalue weighted by molar-refractivity contribution is 7.71. The quantitative estimate of drug-likeness (QED) is 0.444. The van der Waals surface area contributed by atoms with Crippen molar-refractivity contribution >= 4 is 13.1 Å². The summed E-state index contributed by atoms with van der Waals surface area (Å²) in [5.74, 6) is -0.781. The molecule has 0 amide bonds. The first-order chi connectivity index (χ1) is 10.9. The van der Waals surface area contributed by atoms with Crippen LogP contribution in [0.3, 0.4) is 0 Å². The van der Waals surface area contributed by atoms with Gasteiger partial charge in [0.1, 0.15) is 0 Å². The summed E-state index contributed by atoms with van der Waals surface area (Å²) in [7, 11) is -3.79. The Morgan fingerprint density at radius 2 is 1.70 bits per heavy atom. The Balaban J connectivity index is 3.25. The summed E-state index contributed by atoms with van der Waals surface area (Å²) in [6, 6.07) is 9.64. The molecule has 0 unspecified atom stereocenters. The van der Waals surface area contributed by atoms with E-state index in [1.54, 1.807) is 19.9 Å². The molecule has 4 nitrogen and oxygen atoms in total. The fraction of sp³-hybridized carbons (Fsp3) is 0.500. The van der Waals surface area contributed by atoms with Gasteiger partial charge in [-0.2, -0.15) is 0 Å². The first kappa shape index (κ1) is 19.8. The smallest absolute Gasteiger partial charge is 0.303 e. The highest BCUT2D eigenvalue weighted by atomic mass is 31.2. The van der Waals surface area contributed by atoms with Gasteiger partial charge >= 0.3 is 7.60 Å². The Morgan fingerprint density at radius 1 is 1.17 bits per heavy atom. The predicted octanol–water partition coefficient (Wildman–Crippen LogP) is 5.02. The zero-order valence-electron chi connectivity index (χ0n) is 14.4. The van der Waals surface area contributed by atoms with Crippen molar-refractivity contribution in [1.29, 1.82) is 0 Å². The molecule has 1 aromatic carbocycles. The summed E-state index contributed by atoms with van der Waals surface area (Å²) in [6.45, 7) is 11.5. The first-order valence-electron chi connectivity index (χ1n) is 8.02. The van der Waals surface area contributed by atoms with Gasteiger partial charge in [-0.25, -0.2) is 0 Å². The molecule has 128 valence electrons. The second-order valence-corrected chi connectivity index (χ2v) is 7.57. The van der Waals surface area contributed by atoms with Gasteiger partial charge in [0, 0.05) is 11.8 Å². The number of rotatable bonds is 10. The van der Waals surface area contributed by atoms with Crippen molar-refractivity contribution in [2.45, 2.75) is 33.6 Å². The number of carbonyl (C=O) groups is 1. The number of allylic oxidation sites excluding steroid dienone is 1. The van der Waals surface area contributed by atoms with Crippen molar-refractivity contribution in [2.75, 3.05) is 13.2 Å². The highest BCUT2D eigenvalue weighted by Gasteiger charge is 2.43. The maximum atomic E-state index is 13.0. The molecule has 0 saturated heterocycles. The fourth-order valence-corrected chi connectivity index (χ4v) is 4.54. The van der Waals surface area contributed by atoms with Crippen LogP contribution in [0.25, 0.3) is 0 Å². The van der Waals surface area contributed by atoms with E-state index >= 15 is 0 Å². The number of hydrogen-bond acceptors (Lipinski definition) is 4. The Labute approximate surface area is 139 Å². The minimum atomic E-state index is -3.79. The van der Waals surface area contributed by atoms with Crippen LogP contribution in [0.1, 0.15) is 39.2 Å². The third-order valence-electron chi connectivity index (χ3n) is 3.70. The van der Waals surface area contributed by atoms with Crippen LogP contribution in [0.2, 0.25) is 0 Å². The third-order valence-corrected chi connectivity index (χ3v) is 5.73. The summed E-state index contributed by atoms with van der Waals surface area (Å²) >= 11 is 0. The SMILES string of the molecule is C=C[C@H](c1ccccc1)[C@@H](C(=O)P(=O)(OCC)OCC)C(C)C. The molecule has 0 fully saturated rings. The lowest BCUT2D eigenvalue weighted by Crippen LogP contribution is -2.27. The molecule has 0 bridgehead atoms. The van der Waals surface area contributed by atoms with E-state index in [-0.39, 0.29) is 25.0 Å². The number of hydrogen-bond donors (Lipinski definition) is 0. The van der Waals surface area contributed by atoms with E-state index in [2.05, 4.69) is 6.58 Å². The molecule has 2 atom stereocenters. The van der Waals surface area contributed by atoms with E-state index in [4.69, 9.17) is 9.05 Å². The van der Waals surface area contributed by atoms with Gasteiger partial charge in [-0.15, -0.1) is 6.58 Å². The zero-order valence-corrected chi connectivity index (χ0v) is 15.3. The lowest BCUT2D eigenvalue weighted by Gasteiger charge is -2.29. The van der Waals surface area contributed by atoms with Crippen molar-refractivity contribution in [1.82, 2.24) is 0 Å². The third kappa shape index (κ3) is 4.87. The first-order valence-corrected chi connectivity index (χ1v) is 9.56. The molecular formula is C18H27O4P. The summed E-state index contributed by atoms with van der Waals surface area (Å²) in [4.78, 5) is 13.0. The van der Waals surface area contributed by atoms with Gasteiger partial charge in [0.15, 0.2) is 0 Å². The van der Waals surface area contributed by atoms with Gasteiger partial charge < -0.3 is 9.05 Å². The standard InChI is InChI=1S/C18H27O4P/c1-6-16(15-12-10-9-11-13-15)17(14(4)5)18(19)23(20,21-7-2)22-8-3/h6,9-14,16-17H,1,7-8H2,2-5H3/t16-,17+/m1/s1. The monoisotopic (exact) mass is 338 g/mol. The molecule has 1 aromatic rings. The van der Waals surface area contributed by atoms with E-state index in [9.17, 15) is 9.36 Å². The van der Waals surface area contributed by atoms with E-state index in [0.717, 1.165) is 5.56 Å². The lowest BCUT2D eigenvalue weighted by molar-refractivity contribution is -0.119. The molecule has 0 aliphatic carbocycles. The van der Waals surface area contributed by atoms with Gasteiger partial charge in [0.05, 0.1) is 13.2 Å². The van der Waals surface area contributed by atoms with E-state index < -0.39 is 19.0 Å². The maximum absolute atomic E-state index is 13.0. The van der Waals surface area contributed by atoms with Crippen LogP contribution in [0.5, 0.6) is 0 Å². The van der Waals surface area contributed by atoms with Crippen LogP contribution in [-0.4, -0.2) is 18.7 Å². The lowest BCUT2D eigenvalue weighted by atomic mass is 9.80. The maximum Gasteiger partial charge on any atom is 0.397 e. The molecule has 5 heteroatoms. The minimum Gasteiger partial charge on any atom is -0.303 e. The molecular weight excluding hydrogens is 311 g/mol. The van der Waals surface area contributed by atoms with Gasteiger partial charge in [0.2, 0.25) is 5.52 Å². The highest BCUT2D eigenvalue weighted by Crippen LogP contribution is 2.54. The normalized spacial score (nSPS) is 14.5. The molecule has 1 rings (SSSR count). The second-order valence-electron chi connectivity index (χ2n) is 5.61. The van der Waals surface area contributed by atoms with Crippen molar-refractivity contribution in [3.8, 4) is 0 Å². The molecule has 0 heterocycles. The van der Waals surface area contributed by atoms with Gasteiger partial charge in [-0.1, -0.05) is 50.3 Å². The summed E-state index contributed by atoms with van der Waals surface area (Å²) in [5, 5.41) is 0. The summed E-state index contributed by atoms with van der Waals surface area (Å²) < 4.78 is 23.4. The second kappa shape index (κ2) is 9.17. The van der Waals surface area contributed by atoms with Crippen LogP contribution < -0.4 is 0 Å². The average molecular weight is 338 g/mol. The van der Waals surface area contributed by atoms with Crippen molar-refractivity contribution in [3.63, 3.8) is 0 Å².